The van der Waals surface area contributed by atoms with E-state index in [4.69, 9.17) is 0 Å². The summed E-state index contributed by atoms with van der Waals surface area (Å²) in [6.45, 7) is 4.18. The Morgan fingerprint density at radius 3 is 1.58 bits per heavy atom. The maximum atomic E-state index is 14.7. The molecule has 4 aromatic carbocycles. The van der Waals surface area contributed by atoms with Gasteiger partial charge in [0.25, 0.3) is 0 Å². The average molecular weight is 423 g/mol. The summed E-state index contributed by atoms with van der Waals surface area (Å²) in [6.07, 6.45) is 2.65. The summed E-state index contributed by atoms with van der Waals surface area (Å²) >= 11 is 0. The van der Waals surface area contributed by atoms with Crippen LogP contribution in [0.5, 0.6) is 0 Å². The number of aryl methyl sites for hydroxylation is 2. The molecule has 4 aromatic rings. The van der Waals surface area contributed by atoms with Crippen LogP contribution in [-0.4, -0.2) is 6.16 Å². The first-order valence-electron chi connectivity index (χ1n) is 10.6. The highest BCUT2D eigenvalue weighted by Crippen LogP contribution is 2.47. The Morgan fingerprint density at radius 1 is 0.645 bits per heavy atom. The van der Waals surface area contributed by atoms with Crippen molar-refractivity contribution in [3.63, 3.8) is 0 Å². The molecule has 1 nitrogen and oxygen atoms in total. The highest BCUT2D eigenvalue weighted by atomic mass is 31.2. The van der Waals surface area contributed by atoms with E-state index in [0.29, 0.717) is 6.16 Å². The van der Waals surface area contributed by atoms with E-state index in [1.54, 1.807) is 0 Å². The third-order valence-corrected chi connectivity index (χ3v) is 8.63. The van der Waals surface area contributed by atoms with Crippen LogP contribution in [0.1, 0.15) is 22.3 Å². The zero-order chi connectivity index (χ0) is 21.7. The van der Waals surface area contributed by atoms with Gasteiger partial charge in [0.15, 0.2) is 0 Å². The van der Waals surface area contributed by atoms with Crippen molar-refractivity contribution in [1.82, 2.24) is 0 Å². The van der Waals surface area contributed by atoms with E-state index >= 15 is 0 Å². The van der Waals surface area contributed by atoms with Crippen LogP contribution in [0.4, 0.5) is 0 Å². The lowest BCUT2D eigenvalue weighted by molar-refractivity contribution is 0.589. The van der Waals surface area contributed by atoms with E-state index < -0.39 is 7.14 Å². The summed E-state index contributed by atoms with van der Waals surface area (Å²) < 4.78 is 14.7. The number of allylic oxidation sites excluding steroid dienone is 1. The van der Waals surface area contributed by atoms with E-state index in [2.05, 4.69) is 68.5 Å². The van der Waals surface area contributed by atoms with Crippen LogP contribution in [-0.2, 0) is 4.57 Å². The second-order valence-corrected chi connectivity index (χ2v) is 10.8. The molecule has 0 radical (unpaired) electrons. The molecule has 2 heteroatoms. The van der Waals surface area contributed by atoms with Crippen LogP contribution in [0, 0.1) is 13.8 Å². The fourth-order valence-electron chi connectivity index (χ4n) is 3.76. The van der Waals surface area contributed by atoms with Gasteiger partial charge in [0.2, 0.25) is 0 Å². The van der Waals surface area contributed by atoms with Crippen LogP contribution in [0.15, 0.2) is 109 Å². The highest BCUT2D eigenvalue weighted by Gasteiger charge is 2.28. The molecule has 0 aliphatic carbocycles. The molecular weight excluding hydrogens is 395 g/mol. The summed E-state index contributed by atoms with van der Waals surface area (Å²) in [5.74, 6) is 0. The van der Waals surface area contributed by atoms with Gasteiger partial charge in [-0.3, -0.25) is 0 Å². The van der Waals surface area contributed by atoms with Gasteiger partial charge in [0.1, 0.15) is 7.14 Å². The minimum atomic E-state index is -2.87. The quantitative estimate of drug-likeness (QED) is 0.245. The Hall–Kier alpha value is -3.15. The van der Waals surface area contributed by atoms with Gasteiger partial charge in [0.05, 0.1) is 0 Å². The molecule has 0 heterocycles. The molecule has 0 N–H and O–H groups in total. The average Bonchev–Trinajstić information content (AvgIpc) is 2.81. The third-order valence-electron chi connectivity index (χ3n) is 5.58. The molecule has 0 fully saturated rings. The maximum Gasteiger partial charge on any atom is 0.147 e. The number of hydrogen-bond donors (Lipinski definition) is 0. The Morgan fingerprint density at radius 2 is 1.10 bits per heavy atom. The number of benzene rings is 4. The van der Waals surface area contributed by atoms with E-state index in [-0.39, 0.29) is 0 Å². The topological polar surface area (TPSA) is 17.1 Å². The molecule has 0 spiro atoms. The first-order chi connectivity index (χ1) is 15.0. The van der Waals surface area contributed by atoms with E-state index in [0.717, 1.165) is 27.3 Å². The van der Waals surface area contributed by atoms with Gasteiger partial charge < -0.3 is 4.57 Å². The Kier molecular flexibility index (Phi) is 6.35. The van der Waals surface area contributed by atoms with Crippen LogP contribution in [0.2, 0.25) is 0 Å². The molecule has 0 saturated carbocycles. The Labute approximate surface area is 185 Å². The summed E-state index contributed by atoms with van der Waals surface area (Å²) in [4.78, 5) is 0. The van der Waals surface area contributed by atoms with Gasteiger partial charge in [-0.25, -0.2) is 0 Å². The molecule has 31 heavy (non-hydrogen) atoms. The normalized spacial score (nSPS) is 12.0. The van der Waals surface area contributed by atoms with Gasteiger partial charge >= 0.3 is 0 Å². The van der Waals surface area contributed by atoms with Crippen molar-refractivity contribution >= 4 is 29.4 Å². The first kappa shape index (κ1) is 21.1. The predicted molar refractivity (Wildman–Crippen MR) is 135 cm³/mol. The van der Waals surface area contributed by atoms with Gasteiger partial charge in [-0.1, -0.05) is 126 Å². The second kappa shape index (κ2) is 9.33. The molecule has 0 bridgehead atoms. The lowest BCUT2D eigenvalue weighted by Gasteiger charge is -2.22. The molecule has 0 aliphatic heterocycles. The van der Waals surface area contributed by atoms with Gasteiger partial charge in [-0.05, 0) is 30.5 Å². The summed E-state index contributed by atoms with van der Waals surface area (Å²) in [5.41, 5.74) is 5.76. The van der Waals surface area contributed by atoms with Gasteiger partial charge in [-0.2, -0.15) is 0 Å². The molecule has 0 saturated heterocycles. The van der Waals surface area contributed by atoms with Gasteiger partial charge in [0, 0.05) is 16.8 Å². The fraction of sp³-hybridized carbons (Fsp3) is 0.103. The lowest BCUT2D eigenvalue weighted by atomic mass is 10.0. The minimum Gasteiger partial charge on any atom is -0.313 e. The van der Waals surface area contributed by atoms with Crippen molar-refractivity contribution < 1.29 is 4.57 Å². The van der Waals surface area contributed by atoms with Crippen molar-refractivity contribution in [2.24, 2.45) is 0 Å². The fourth-order valence-corrected chi connectivity index (χ4v) is 6.49. The first-order valence-corrected chi connectivity index (χ1v) is 12.5. The SMILES string of the molecule is Cc1ccc(/C=C(/CP(=O)(c2ccccc2)c2ccccc2)c2ccc(C)cc2)cc1. The maximum absolute atomic E-state index is 14.7. The Balaban J connectivity index is 1.86. The molecule has 0 aromatic heterocycles. The third kappa shape index (κ3) is 4.95. The van der Waals surface area contributed by atoms with Gasteiger partial charge in [-0.15, -0.1) is 0 Å². The molecule has 0 amide bonds. The molecule has 154 valence electrons. The van der Waals surface area contributed by atoms with Crippen molar-refractivity contribution in [2.45, 2.75) is 13.8 Å². The van der Waals surface area contributed by atoms with Crippen molar-refractivity contribution in [2.75, 3.05) is 6.16 Å². The smallest absolute Gasteiger partial charge is 0.147 e. The predicted octanol–water partition coefficient (Wildman–Crippen LogP) is 6.86. The number of rotatable bonds is 6. The minimum absolute atomic E-state index is 0.470. The number of hydrogen-bond acceptors (Lipinski definition) is 1. The molecule has 4 rings (SSSR count). The molecular formula is C29H27OP. The van der Waals surface area contributed by atoms with Crippen molar-refractivity contribution in [1.29, 1.82) is 0 Å². The second-order valence-electron chi connectivity index (χ2n) is 8.02. The van der Waals surface area contributed by atoms with Crippen LogP contribution < -0.4 is 10.6 Å². The monoisotopic (exact) mass is 422 g/mol. The van der Waals surface area contributed by atoms with E-state index in [9.17, 15) is 4.57 Å². The Bertz CT molecular complexity index is 1160. The van der Waals surface area contributed by atoms with Crippen molar-refractivity contribution in [3.05, 3.63) is 131 Å². The lowest BCUT2D eigenvalue weighted by Crippen LogP contribution is -2.19. The largest absolute Gasteiger partial charge is 0.313 e. The van der Waals surface area contributed by atoms with E-state index in [1.165, 1.54) is 11.1 Å². The zero-order valence-corrected chi connectivity index (χ0v) is 18.9. The summed E-state index contributed by atoms with van der Waals surface area (Å²) in [7, 11) is -2.87. The molecule has 0 atom stereocenters. The van der Waals surface area contributed by atoms with Crippen LogP contribution in [0.25, 0.3) is 11.6 Å². The molecule has 0 aliphatic rings. The standard InChI is InChI=1S/C29H27OP/c1-23-13-17-25(18-14-23)21-27(26-19-15-24(2)16-20-26)22-31(30,28-9-5-3-6-10-28)29-11-7-4-8-12-29/h3-21H,22H2,1-2H3/b27-21-. The molecule has 0 unspecified atom stereocenters. The zero-order valence-electron chi connectivity index (χ0n) is 18.0. The van der Waals surface area contributed by atoms with E-state index in [1.807, 2.05) is 60.7 Å². The summed E-state index contributed by atoms with van der Waals surface area (Å²) in [5, 5.41) is 1.78. The van der Waals surface area contributed by atoms with Crippen molar-refractivity contribution in [3.8, 4) is 0 Å². The summed E-state index contributed by atoms with van der Waals surface area (Å²) in [6, 6.07) is 36.8. The highest BCUT2D eigenvalue weighted by molar-refractivity contribution is 7.79. The van der Waals surface area contributed by atoms with Crippen LogP contribution >= 0.6 is 7.14 Å². The van der Waals surface area contributed by atoms with Crippen LogP contribution in [0.3, 0.4) is 0 Å².